The van der Waals surface area contributed by atoms with Crippen molar-refractivity contribution in [1.29, 1.82) is 0 Å². The molecule has 0 fully saturated rings. The third-order valence-corrected chi connectivity index (χ3v) is 9.86. The van der Waals surface area contributed by atoms with Gasteiger partial charge in [0.2, 0.25) is 11.8 Å². The number of hydrogen-bond acceptors (Lipinski definition) is 7. The van der Waals surface area contributed by atoms with E-state index >= 15 is 0 Å². The van der Waals surface area contributed by atoms with Crippen molar-refractivity contribution in [1.82, 2.24) is 19.9 Å². The van der Waals surface area contributed by atoms with Crippen LogP contribution in [0.4, 0.5) is 5.95 Å². The van der Waals surface area contributed by atoms with Gasteiger partial charge in [-0.15, -0.1) is 0 Å². The van der Waals surface area contributed by atoms with Crippen molar-refractivity contribution in [2.45, 2.75) is 83.9 Å². The fraction of sp³-hybridized carbons (Fsp3) is 0.371. The van der Waals surface area contributed by atoms with E-state index in [1.165, 1.54) is 18.5 Å². The highest BCUT2D eigenvalue weighted by atomic mass is 32.2. The lowest BCUT2D eigenvalue weighted by atomic mass is 9.81. The Bertz CT molecular complexity index is 1900. The minimum Gasteiger partial charge on any atom is -0.467 e. The summed E-state index contributed by atoms with van der Waals surface area (Å²) >= 11 is 0. The number of ether oxygens (including phenoxy) is 1. The van der Waals surface area contributed by atoms with E-state index in [2.05, 4.69) is 72.5 Å². The number of hydrogen-bond donors (Lipinski definition) is 1. The number of aromatic nitrogens is 3. The lowest BCUT2D eigenvalue weighted by Gasteiger charge is -2.43. The van der Waals surface area contributed by atoms with Crippen LogP contribution in [0.5, 0.6) is 5.88 Å². The van der Waals surface area contributed by atoms with Gasteiger partial charge < -0.3 is 9.64 Å². The van der Waals surface area contributed by atoms with Gasteiger partial charge in [0, 0.05) is 30.6 Å². The minimum absolute atomic E-state index is 0.103. The zero-order valence-corrected chi connectivity index (χ0v) is 27.6. The summed E-state index contributed by atoms with van der Waals surface area (Å²) in [6.07, 6.45) is 2.72. The van der Waals surface area contributed by atoms with E-state index < -0.39 is 16.1 Å². The summed E-state index contributed by atoms with van der Waals surface area (Å²) in [7, 11) is -4.20. The normalized spacial score (nSPS) is 19.0. The number of anilines is 1. The Balaban J connectivity index is 1.63. The fourth-order valence-electron chi connectivity index (χ4n) is 6.29. The van der Waals surface area contributed by atoms with Crippen molar-refractivity contribution >= 4 is 21.9 Å². The average Bonchev–Trinajstić information content (AvgIpc) is 2.96. The van der Waals surface area contributed by atoms with E-state index in [1.54, 1.807) is 6.07 Å². The van der Waals surface area contributed by atoms with Crippen molar-refractivity contribution in [2.75, 3.05) is 4.72 Å². The number of nitrogens with one attached hydrogen (secondary N) is 1. The molecule has 2 aromatic heterocycles. The first-order valence-corrected chi connectivity index (χ1v) is 16.7. The van der Waals surface area contributed by atoms with Crippen LogP contribution in [0.3, 0.4) is 0 Å². The van der Waals surface area contributed by atoms with Crippen LogP contribution >= 0.6 is 0 Å². The summed E-state index contributed by atoms with van der Waals surface area (Å²) in [4.78, 5) is 29.4. The molecule has 0 radical (unpaired) electrons. The molecular formula is C35H39N5O4S. The first-order valence-electron chi connectivity index (χ1n) is 15.3. The second-order valence-corrected chi connectivity index (χ2v) is 15.2. The van der Waals surface area contributed by atoms with Crippen LogP contribution in [0, 0.1) is 19.8 Å². The molecule has 45 heavy (non-hydrogen) atoms. The highest BCUT2D eigenvalue weighted by molar-refractivity contribution is 7.92. The minimum atomic E-state index is -4.20. The lowest BCUT2D eigenvalue weighted by molar-refractivity contribution is 0.0240. The standard InChI is InChI=1S/C35H39N5O4S/c1-20(2)13-29-32-27-12-11-25(35(5,6)7)14-24(27)19-40(29)33(41)23-15-26(18-36-17-23)45(42,43)39-34-37-28(16-30(38-34)44-32)31-21(3)9-8-10-22(31)4/h8-12,14-18,20,29,32H,13,19H2,1-7H3,(H,37,38,39)/t29-,32-/m1/s1. The fourth-order valence-corrected chi connectivity index (χ4v) is 7.22. The topological polar surface area (TPSA) is 114 Å². The summed E-state index contributed by atoms with van der Waals surface area (Å²) in [5.41, 5.74) is 6.55. The Morgan fingerprint density at radius 3 is 2.44 bits per heavy atom. The Kier molecular flexibility index (Phi) is 7.67. The molecular weight excluding hydrogens is 586 g/mol. The predicted molar refractivity (Wildman–Crippen MR) is 174 cm³/mol. The predicted octanol–water partition coefficient (Wildman–Crippen LogP) is 6.76. The van der Waals surface area contributed by atoms with Crippen LogP contribution in [-0.4, -0.2) is 40.2 Å². The Labute approximate surface area is 265 Å². The summed E-state index contributed by atoms with van der Waals surface area (Å²) in [5.74, 6) is 0.0137. The van der Waals surface area contributed by atoms with Crippen molar-refractivity contribution in [2.24, 2.45) is 5.92 Å². The molecule has 0 spiro atoms. The highest BCUT2D eigenvalue weighted by Gasteiger charge is 2.41. The van der Waals surface area contributed by atoms with Gasteiger partial charge in [0.15, 0.2) is 0 Å². The van der Waals surface area contributed by atoms with Crippen LogP contribution < -0.4 is 9.46 Å². The Hall–Kier alpha value is -4.31. The number of sulfonamides is 1. The number of carbonyl (C=O) groups excluding carboxylic acids is 1. The molecule has 0 saturated heterocycles. The quantitative estimate of drug-likeness (QED) is 0.268. The molecule has 1 amide bonds. The van der Waals surface area contributed by atoms with Crippen LogP contribution in [0.1, 0.15) is 85.3 Å². The van der Waals surface area contributed by atoms with Crippen LogP contribution in [0.15, 0.2) is 65.8 Å². The van der Waals surface area contributed by atoms with Gasteiger partial charge in [-0.25, -0.2) is 18.1 Å². The molecule has 234 valence electrons. The molecule has 2 aliphatic heterocycles. The van der Waals surface area contributed by atoms with Gasteiger partial charge in [-0.2, -0.15) is 4.98 Å². The largest absolute Gasteiger partial charge is 0.467 e. The SMILES string of the molecule is Cc1cccc(C)c1-c1cc2nc(n1)NS(=O)(=O)c1cncc(c1)C(=O)N1Cc3cc(C(C)(C)C)ccc3[C@@H](O2)[C@H]1CC(C)C. The zero-order chi connectivity index (χ0) is 32.3. The molecule has 6 bridgehead atoms. The number of pyridine rings is 1. The molecule has 4 aromatic rings. The molecule has 9 nitrogen and oxygen atoms in total. The van der Waals surface area contributed by atoms with Crippen molar-refractivity contribution in [3.05, 3.63) is 94.3 Å². The van der Waals surface area contributed by atoms with E-state index in [4.69, 9.17) is 4.74 Å². The molecule has 2 atom stereocenters. The Morgan fingerprint density at radius 1 is 1.02 bits per heavy atom. The van der Waals surface area contributed by atoms with Gasteiger partial charge >= 0.3 is 0 Å². The summed E-state index contributed by atoms with van der Waals surface area (Å²) in [5, 5.41) is 0. The third-order valence-electron chi connectivity index (χ3n) is 8.56. The van der Waals surface area contributed by atoms with Gasteiger partial charge in [-0.1, -0.05) is 71.0 Å². The molecule has 1 N–H and O–H groups in total. The van der Waals surface area contributed by atoms with Gasteiger partial charge in [0.25, 0.3) is 15.9 Å². The Morgan fingerprint density at radius 2 is 1.76 bits per heavy atom. The second kappa shape index (κ2) is 11.2. The van der Waals surface area contributed by atoms with Gasteiger partial charge in [0.05, 0.1) is 17.3 Å². The molecule has 0 aliphatic carbocycles. The van der Waals surface area contributed by atoms with Crippen molar-refractivity contribution in [3.8, 4) is 17.1 Å². The molecule has 2 aliphatic rings. The molecule has 0 saturated carbocycles. The number of carbonyl (C=O) groups is 1. The molecule has 10 heteroatoms. The van der Waals surface area contributed by atoms with E-state index in [0.717, 1.165) is 33.4 Å². The van der Waals surface area contributed by atoms with Crippen LogP contribution in [0.25, 0.3) is 11.3 Å². The van der Waals surface area contributed by atoms with Crippen LogP contribution in [0.2, 0.25) is 0 Å². The average molecular weight is 626 g/mol. The molecule has 6 rings (SSSR count). The summed E-state index contributed by atoms with van der Waals surface area (Å²) in [6, 6.07) is 15.1. The van der Waals surface area contributed by atoms with E-state index in [-0.39, 0.29) is 45.6 Å². The smallest absolute Gasteiger partial charge is 0.265 e. The molecule has 2 aromatic carbocycles. The molecule has 4 heterocycles. The van der Waals surface area contributed by atoms with Crippen molar-refractivity contribution < 1.29 is 17.9 Å². The maximum Gasteiger partial charge on any atom is 0.265 e. The maximum atomic E-state index is 14.3. The van der Waals surface area contributed by atoms with Gasteiger partial charge in [-0.3, -0.25) is 9.78 Å². The first kappa shape index (κ1) is 30.7. The second-order valence-electron chi connectivity index (χ2n) is 13.5. The third kappa shape index (κ3) is 5.91. The number of benzene rings is 2. The number of nitrogens with zero attached hydrogens (tertiary/aromatic N) is 4. The summed E-state index contributed by atoms with van der Waals surface area (Å²) in [6.45, 7) is 15.0. The first-order chi connectivity index (χ1) is 21.2. The maximum absolute atomic E-state index is 14.3. The van der Waals surface area contributed by atoms with E-state index in [1.807, 2.05) is 36.9 Å². The number of fused-ring (bicyclic) bond motifs is 8. The monoisotopic (exact) mass is 625 g/mol. The number of rotatable bonds is 3. The lowest BCUT2D eigenvalue weighted by Crippen LogP contribution is -2.49. The molecule has 0 unspecified atom stereocenters. The highest BCUT2D eigenvalue weighted by Crippen LogP contribution is 2.41. The number of aryl methyl sites for hydroxylation is 2. The van der Waals surface area contributed by atoms with E-state index in [0.29, 0.717) is 18.7 Å². The van der Waals surface area contributed by atoms with E-state index in [9.17, 15) is 13.2 Å². The van der Waals surface area contributed by atoms with Gasteiger partial charge in [-0.05, 0) is 65.5 Å². The van der Waals surface area contributed by atoms with Gasteiger partial charge in [0.1, 0.15) is 11.0 Å². The number of amides is 1. The van der Waals surface area contributed by atoms with Crippen LogP contribution in [-0.2, 0) is 22.0 Å². The zero-order valence-electron chi connectivity index (χ0n) is 26.7. The summed E-state index contributed by atoms with van der Waals surface area (Å²) < 4.78 is 36.6. The van der Waals surface area contributed by atoms with Crippen molar-refractivity contribution in [3.63, 3.8) is 0 Å².